The first-order valence-corrected chi connectivity index (χ1v) is 8.14. The van der Waals surface area contributed by atoms with Gasteiger partial charge in [0.25, 0.3) is 5.91 Å². The van der Waals surface area contributed by atoms with Crippen LogP contribution in [0.25, 0.3) is 0 Å². The number of benzene rings is 1. The van der Waals surface area contributed by atoms with Crippen molar-refractivity contribution in [2.75, 3.05) is 0 Å². The highest BCUT2D eigenvalue weighted by Crippen LogP contribution is 2.16. The largest absolute Gasteiger partial charge is 0.471 e. The Labute approximate surface area is 161 Å². The summed E-state index contributed by atoms with van der Waals surface area (Å²) in [5.41, 5.74) is 2.39. The van der Waals surface area contributed by atoms with E-state index in [2.05, 4.69) is 20.7 Å². The van der Waals surface area contributed by atoms with Gasteiger partial charge in [-0.25, -0.2) is 14.5 Å². The highest BCUT2D eigenvalue weighted by molar-refractivity contribution is 5.92. The van der Waals surface area contributed by atoms with E-state index < -0.39 is 18.6 Å². The molecule has 3 rings (SSSR count). The zero-order chi connectivity index (χ0) is 20.9. The van der Waals surface area contributed by atoms with Crippen LogP contribution < -0.4 is 10.2 Å². The lowest BCUT2D eigenvalue weighted by atomic mass is 10.3. The molecule has 0 fully saturated rings. The highest BCUT2D eigenvalue weighted by Gasteiger charge is 2.28. The smallest absolute Gasteiger partial charge is 0.408 e. The van der Waals surface area contributed by atoms with E-state index in [1.54, 1.807) is 0 Å². The number of hydrogen-bond donors (Lipinski definition) is 1. The molecular formula is C17H14F4N6O2. The van der Waals surface area contributed by atoms with Gasteiger partial charge in [-0.3, -0.25) is 9.48 Å². The number of hydrazone groups is 1. The third kappa shape index (κ3) is 6.16. The van der Waals surface area contributed by atoms with Crippen LogP contribution in [0.15, 0.2) is 53.9 Å². The molecule has 152 valence electrons. The molecule has 1 N–H and O–H groups in total. The number of rotatable bonds is 7. The van der Waals surface area contributed by atoms with Crippen LogP contribution >= 0.6 is 0 Å². The summed E-state index contributed by atoms with van der Waals surface area (Å²) in [6.07, 6.45) is -0.617. The van der Waals surface area contributed by atoms with Crippen molar-refractivity contribution in [3.8, 4) is 5.75 Å². The van der Waals surface area contributed by atoms with Gasteiger partial charge in [0.05, 0.1) is 6.21 Å². The first-order valence-electron chi connectivity index (χ1n) is 8.14. The lowest BCUT2D eigenvalue weighted by Gasteiger charge is -2.05. The van der Waals surface area contributed by atoms with Gasteiger partial charge in [0.15, 0.2) is 12.4 Å². The first kappa shape index (κ1) is 20.0. The van der Waals surface area contributed by atoms with E-state index in [1.807, 2.05) is 0 Å². The number of nitrogens with zero attached hydrogens (tertiary/aromatic N) is 5. The maximum Gasteiger partial charge on any atom is 0.408 e. The van der Waals surface area contributed by atoms with Gasteiger partial charge in [0.1, 0.15) is 23.8 Å². The molecule has 29 heavy (non-hydrogen) atoms. The minimum Gasteiger partial charge on any atom is -0.471 e. The maximum atomic E-state index is 12.8. The van der Waals surface area contributed by atoms with E-state index in [9.17, 15) is 22.4 Å². The zero-order valence-electron chi connectivity index (χ0n) is 14.7. The Morgan fingerprint density at radius 2 is 1.83 bits per heavy atom. The van der Waals surface area contributed by atoms with Crippen molar-refractivity contribution >= 4 is 12.1 Å². The molecule has 0 atom stereocenters. The van der Waals surface area contributed by atoms with Crippen LogP contribution in [0.1, 0.15) is 16.2 Å². The molecule has 0 saturated heterocycles. The fraction of sp³-hybridized carbons (Fsp3) is 0.176. The Morgan fingerprint density at radius 3 is 2.55 bits per heavy atom. The zero-order valence-corrected chi connectivity index (χ0v) is 14.7. The monoisotopic (exact) mass is 410 g/mol. The van der Waals surface area contributed by atoms with Crippen LogP contribution in [-0.2, 0) is 13.3 Å². The van der Waals surface area contributed by atoms with Crippen LogP contribution in [0.4, 0.5) is 17.6 Å². The van der Waals surface area contributed by atoms with E-state index in [0.29, 0.717) is 10.4 Å². The molecule has 12 heteroatoms. The minimum absolute atomic E-state index is 0.00117. The van der Waals surface area contributed by atoms with Crippen molar-refractivity contribution in [1.82, 2.24) is 25.0 Å². The second kappa shape index (κ2) is 8.54. The average molecular weight is 410 g/mol. The van der Waals surface area contributed by atoms with Crippen molar-refractivity contribution in [3.05, 3.63) is 66.0 Å². The number of hydrogen-bond acceptors (Lipinski definition) is 5. The van der Waals surface area contributed by atoms with Gasteiger partial charge in [-0.1, -0.05) is 0 Å². The fourth-order valence-electron chi connectivity index (χ4n) is 2.16. The number of carbonyl (C=O) groups excluding carboxylic acids is 1. The van der Waals surface area contributed by atoms with E-state index in [-0.39, 0.29) is 23.9 Å². The topological polar surface area (TPSA) is 86.3 Å². The second-order valence-electron chi connectivity index (χ2n) is 5.72. The predicted molar refractivity (Wildman–Crippen MR) is 92.6 cm³/mol. The summed E-state index contributed by atoms with van der Waals surface area (Å²) in [7, 11) is 0. The van der Waals surface area contributed by atoms with E-state index >= 15 is 0 Å². The summed E-state index contributed by atoms with van der Waals surface area (Å²) in [6, 6.07) is 8.16. The average Bonchev–Trinajstić information content (AvgIpc) is 3.29. The number of alkyl halides is 3. The van der Waals surface area contributed by atoms with Crippen LogP contribution in [0.2, 0.25) is 0 Å². The summed E-state index contributed by atoms with van der Waals surface area (Å²) in [6.45, 7) is -1.22. The van der Waals surface area contributed by atoms with Gasteiger partial charge < -0.3 is 4.74 Å². The van der Waals surface area contributed by atoms with Crippen LogP contribution in [0, 0.1) is 5.82 Å². The van der Waals surface area contributed by atoms with Gasteiger partial charge in [-0.05, 0) is 36.4 Å². The van der Waals surface area contributed by atoms with Gasteiger partial charge >= 0.3 is 6.18 Å². The molecule has 2 heterocycles. The van der Waals surface area contributed by atoms with Crippen molar-refractivity contribution in [2.45, 2.75) is 19.5 Å². The fourth-order valence-corrected chi connectivity index (χ4v) is 2.16. The summed E-state index contributed by atoms with van der Waals surface area (Å²) >= 11 is 0. The van der Waals surface area contributed by atoms with Crippen molar-refractivity contribution in [2.24, 2.45) is 5.10 Å². The van der Waals surface area contributed by atoms with E-state index in [1.165, 1.54) is 47.3 Å². The number of ether oxygens (including phenoxy) is 1. The standard InChI is InChI=1S/C17H14F4N6O2/c18-12-1-3-14(4-2-12)29-11-27-8-6-15(25-27)16(28)23-22-9-13-5-7-26(24-13)10-17(19,20)21/h1-9H,10-11H2,(H,23,28)/b22-9+. The Balaban J connectivity index is 1.49. The molecule has 3 aromatic rings. The van der Waals surface area contributed by atoms with Gasteiger partial charge in [0.2, 0.25) is 0 Å². The maximum absolute atomic E-state index is 12.8. The molecule has 2 aromatic heterocycles. The Hall–Kier alpha value is -3.70. The SMILES string of the molecule is O=C(N/N=C/c1ccn(CC(F)(F)F)n1)c1ccn(COc2ccc(F)cc2)n1. The van der Waals surface area contributed by atoms with Crippen LogP contribution in [0.5, 0.6) is 5.75 Å². The third-order valence-corrected chi connectivity index (χ3v) is 3.42. The lowest BCUT2D eigenvalue weighted by molar-refractivity contribution is -0.142. The van der Waals surface area contributed by atoms with Gasteiger partial charge in [-0.15, -0.1) is 0 Å². The van der Waals surface area contributed by atoms with E-state index in [0.717, 1.165) is 12.4 Å². The first-order chi connectivity index (χ1) is 13.8. The van der Waals surface area contributed by atoms with Crippen LogP contribution in [0.3, 0.4) is 0 Å². The number of amides is 1. The molecule has 0 spiro atoms. The minimum atomic E-state index is -4.38. The van der Waals surface area contributed by atoms with Crippen molar-refractivity contribution in [3.63, 3.8) is 0 Å². The predicted octanol–water partition coefficient (Wildman–Crippen LogP) is 2.58. The number of nitrogens with one attached hydrogen (secondary N) is 1. The Morgan fingerprint density at radius 1 is 1.10 bits per heavy atom. The lowest BCUT2D eigenvalue weighted by Crippen LogP contribution is -2.19. The summed E-state index contributed by atoms with van der Waals surface area (Å²) in [4.78, 5) is 12.0. The number of carbonyl (C=O) groups is 1. The third-order valence-electron chi connectivity index (χ3n) is 3.42. The molecule has 1 aromatic carbocycles. The Kier molecular flexibility index (Phi) is 5.90. The quantitative estimate of drug-likeness (QED) is 0.369. The normalized spacial score (nSPS) is 11.7. The molecule has 1 amide bonds. The molecule has 0 saturated carbocycles. The van der Waals surface area contributed by atoms with Gasteiger partial charge in [-0.2, -0.15) is 28.5 Å². The van der Waals surface area contributed by atoms with Crippen molar-refractivity contribution in [1.29, 1.82) is 0 Å². The van der Waals surface area contributed by atoms with Gasteiger partial charge in [0, 0.05) is 12.4 Å². The molecule has 0 aliphatic carbocycles. The van der Waals surface area contributed by atoms with E-state index in [4.69, 9.17) is 4.74 Å². The summed E-state index contributed by atoms with van der Waals surface area (Å²) in [5.74, 6) is -0.581. The second-order valence-corrected chi connectivity index (χ2v) is 5.72. The molecule has 0 aliphatic rings. The number of aromatic nitrogens is 4. The highest BCUT2D eigenvalue weighted by atomic mass is 19.4. The molecule has 0 unspecified atom stereocenters. The Bertz CT molecular complexity index is 994. The summed E-state index contributed by atoms with van der Waals surface area (Å²) < 4.78 is 57.1. The van der Waals surface area contributed by atoms with Crippen molar-refractivity contribution < 1.29 is 27.1 Å². The molecule has 8 nitrogen and oxygen atoms in total. The number of halogens is 4. The molecular weight excluding hydrogens is 396 g/mol. The molecule has 0 aliphatic heterocycles. The molecule has 0 bridgehead atoms. The summed E-state index contributed by atoms with van der Waals surface area (Å²) in [5, 5.41) is 11.3. The van der Waals surface area contributed by atoms with Crippen LogP contribution in [-0.4, -0.2) is 37.9 Å². The molecule has 0 radical (unpaired) electrons.